The molecule has 0 heterocycles. The Kier molecular flexibility index (Phi) is 6.22. The van der Waals surface area contributed by atoms with Crippen LogP contribution in [0, 0.1) is 0 Å². The van der Waals surface area contributed by atoms with Crippen molar-refractivity contribution in [2.75, 3.05) is 5.32 Å². The second kappa shape index (κ2) is 9.00. The minimum Gasteiger partial charge on any atom is -0.332 e. The van der Waals surface area contributed by atoms with Crippen molar-refractivity contribution in [3.63, 3.8) is 0 Å². The van der Waals surface area contributed by atoms with Gasteiger partial charge >= 0.3 is 0 Å². The largest absolute Gasteiger partial charge is 0.332 e. The molecule has 0 saturated carbocycles. The molecule has 0 bridgehead atoms. The summed E-state index contributed by atoms with van der Waals surface area (Å²) in [6.07, 6.45) is 0. The molecule has 0 aromatic heterocycles. The first-order chi connectivity index (χ1) is 13.5. The molecule has 3 aromatic rings. The molecule has 0 atom stereocenters. The van der Waals surface area contributed by atoms with E-state index >= 15 is 0 Å². The predicted molar refractivity (Wildman–Crippen MR) is 112 cm³/mol. The number of hydrogen-bond acceptors (Lipinski definition) is 2. The summed E-state index contributed by atoms with van der Waals surface area (Å²) in [5.41, 5.74) is 2.81. The highest BCUT2D eigenvalue weighted by atomic mass is 16.2. The Labute approximate surface area is 165 Å². The van der Waals surface area contributed by atoms with Gasteiger partial charge in [0.15, 0.2) is 0 Å². The topological polar surface area (TPSA) is 49.4 Å². The van der Waals surface area contributed by atoms with Crippen molar-refractivity contribution in [1.29, 1.82) is 0 Å². The van der Waals surface area contributed by atoms with Crippen molar-refractivity contribution < 1.29 is 9.59 Å². The van der Waals surface area contributed by atoms with Gasteiger partial charge in [0.2, 0.25) is 0 Å². The van der Waals surface area contributed by atoms with Gasteiger partial charge in [-0.15, -0.1) is 0 Å². The summed E-state index contributed by atoms with van der Waals surface area (Å²) in [4.78, 5) is 27.3. The lowest BCUT2D eigenvalue weighted by molar-refractivity contribution is 0.0690. The third kappa shape index (κ3) is 4.86. The number of hydrogen-bond donors (Lipinski definition) is 1. The zero-order valence-corrected chi connectivity index (χ0v) is 16.1. The van der Waals surface area contributed by atoms with E-state index in [2.05, 4.69) is 5.32 Å². The summed E-state index contributed by atoms with van der Waals surface area (Å²) in [6.45, 7) is 4.54. The van der Waals surface area contributed by atoms with Crippen molar-refractivity contribution >= 4 is 17.5 Å². The van der Waals surface area contributed by atoms with Crippen molar-refractivity contribution in [3.8, 4) is 0 Å². The molecule has 0 saturated heterocycles. The van der Waals surface area contributed by atoms with Crippen LogP contribution < -0.4 is 5.32 Å². The number of rotatable bonds is 6. The summed E-state index contributed by atoms with van der Waals surface area (Å²) >= 11 is 0. The van der Waals surface area contributed by atoms with E-state index in [0.29, 0.717) is 23.4 Å². The summed E-state index contributed by atoms with van der Waals surface area (Å²) in [6, 6.07) is 26.1. The Morgan fingerprint density at radius 1 is 0.821 bits per heavy atom. The van der Waals surface area contributed by atoms with Crippen molar-refractivity contribution in [1.82, 2.24) is 4.90 Å². The van der Waals surface area contributed by atoms with Crippen LogP contribution in [0.4, 0.5) is 5.69 Å². The van der Waals surface area contributed by atoms with E-state index in [-0.39, 0.29) is 17.9 Å². The Bertz CT molecular complexity index is 937. The maximum atomic E-state index is 13.1. The molecule has 28 heavy (non-hydrogen) atoms. The molecular weight excluding hydrogens is 348 g/mol. The van der Waals surface area contributed by atoms with Gasteiger partial charge in [-0.25, -0.2) is 0 Å². The van der Waals surface area contributed by atoms with Crippen molar-refractivity contribution in [2.24, 2.45) is 0 Å². The van der Waals surface area contributed by atoms with Crippen LogP contribution >= 0.6 is 0 Å². The summed E-state index contributed by atoms with van der Waals surface area (Å²) < 4.78 is 0. The van der Waals surface area contributed by atoms with Gasteiger partial charge < -0.3 is 10.2 Å². The highest BCUT2D eigenvalue weighted by Gasteiger charge is 2.19. The predicted octanol–water partition coefficient (Wildman–Crippen LogP) is 4.99. The highest BCUT2D eigenvalue weighted by Crippen LogP contribution is 2.17. The number of amides is 2. The zero-order valence-electron chi connectivity index (χ0n) is 16.1. The van der Waals surface area contributed by atoms with Gasteiger partial charge in [-0.3, -0.25) is 9.59 Å². The zero-order chi connectivity index (χ0) is 19.9. The smallest absolute Gasteiger partial charge is 0.255 e. The number of nitrogens with one attached hydrogen (secondary N) is 1. The third-order valence-electron chi connectivity index (χ3n) is 4.48. The maximum absolute atomic E-state index is 13.1. The lowest BCUT2D eigenvalue weighted by Crippen LogP contribution is -2.36. The lowest BCUT2D eigenvalue weighted by atomic mass is 10.1. The van der Waals surface area contributed by atoms with Crippen LogP contribution in [0.5, 0.6) is 0 Å². The van der Waals surface area contributed by atoms with E-state index < -0.39 is 0 Å². The van der Waals surface area contributed by atoms with E-state index in [0.717, 1.165) is 5.56 Å². The van der Waals surface area contributed by atoms with Gasteiger partial charge in [-0.1, -0.05) is 54.6 Å². The fourth-order valence-electron chi connectivity index (χ4n) is 2.96. The first-order valence-electron chi connectivity index (χ1n) is 9.36. The molecule has 2 amide bonds. The van der Waals surface area contributed by atoms with E-state index in [1.54, 1.807) is 36.4 Å². The third-order valence-corrected chi connectivity index (χ3v) is 4.48. The first-order valence-corrected chi connectivity index (χ1v) is 9.36. The molecule has 0 unspecified atom stereocenters. The summed E-state index contributed by atoms with van der Waals surface area (Å²) in [5.74, 6) is -0.259. The molecule has 3 aromatic carbocycles. The molecule has 4 nitrogen and oxygen atoms in total. The Morgan fingerprint density at radius 2 is 1.43 bits per heavy atom. The Balaban J connectivity index is 1.77. The molecule has 142 valence electrons. The molecule has 3 rings (SSSR count). The SMILES string of the molecule is CC(C)N(Cc1ccccc1)C(=O)c1cccc(NC(=O)c2ccccc2)c1. The summed E-state index contributed by atoms with van der Waals surface area (Å²) in [5, 5.41) is 2.86. The van der Waals surface area contributed by atoms with Gasteiger partial charge in [0.25, 0.3) is 11.8 Å². The molecule has 0 radical (unpaired) electrons. The van der Waals surface area contributed by atoms with Crippen LogP contribution in [0.15, 0.2) is 84.9 Å². The normalized spacial score (nSPS) is 10.5. The van der Waals surface area contributed by atoms with E-state index in [9.17, 15) is 9.59 Å². The second-order valence-electron chi connectivity index (χ2n) is 6.91. The second-order valence-corrected chi connectivity index (χ2v) is 6.91. The van der Waals surface area contributed by atoms with Crippen LogP contribution in [-0.2, 0) is 6.54 Å². The quantitative estimate of drug-likeness (QED) is 0.663. The highest BCUT2D eigenvalue weighted by molar-refractivity contribution is 6.05. The number of carbonyl (C=O) groups excluding carboxylic acids is 2. The minimum absolute atomic E-state index is 0.0512. The van der Waals surface area contributed by atoms with Crippen LogP contribution in [0.25, 0.3) is 0 Å². The van der Waals surface area contributed by atoms with Crippen molar-refractivity contribution in [3.05, 3.63) is 102 Å². The first kappa shape index (κ1) is 19.4. The molecule has 0 aliphatic carbocycles. The number of nitrogens with zero attached hydrogens (tertiary/aromatic N) is 1. The molecule has 0 spiro atoms. The summed E-state index contributed by atoms with van der Waals surface area (Å²) in [7, 11) is 0. The van der Waals surface area contributed by atoms with Gasteiger partial charge in [-0.05, 0) is 49.7 Å². The fourth-order valence-corrected chi connectivity index (χ4v) is 2.96. The molecule has 0 aliphatic rings. The Morgan fingerprint density at radius 3 is 2.07 bits per heavy atom. The molecule has 1 N–H and O–H groups in total. The Hall–Kier alpha value is -3.40. The van der Waals surface area contributed by atoms with Crippen molar-refractivity contribution in [2.45, 2.75) is 26.4 Å². The van der Waals surface area contributed by atoms with Crippen LogP contribution in [0.1, 0.15) is 40.1 Å². The fraction of sp³-hybridized carbons (Fsp3) is 0.167. The lowest BCUT2D eigenvalue weighted by Gasteiger charge is -2.27. The average Bonchev–Trinajstić information content (AvgIpc) is 2.73. The molecule has 4 heteroatoms. The van der Waals surface area contributed by atoms with Crippen LogP contribution in [-0.4, -0.2) is 22.8 Å². The van der Waals surface area contributed by atoms with Crippen LogP contribution in [0.2, 0.25) is 0 Å². The average molecular weight is 372 g/mol. The van der Waals surface area contributed by atoms with E-state index in [1.165, 1.54) is 0 Å². The van der Waals surface area contributed by atoms with E-state index in [4.69, 9.17) is 0 Å². The molecule has 0 fully saturated rings. The molecule has 0 aliphatic heterocycles. The standard InChI is InChI=1S/C24H24N2O2/c1-18(2)26(17-19-10-5-3-6-11-19)24(28)21-14-9-15-22(16-21)25-23(27)20-12-7-4-8-13-20/h3-16,18H,17H2,1-2H3,(H,25,27). The number of anilines is 1. The van der Waals surface area contributed by atoms with E-state index in [1.807, 2.05) is 67.3 Å². The van der Waals surface area contributed by atoms with Crippen LogP contribution in [0.3, 0.4) is 0 Å². The van der Waals surface area contributed by atoms with Gasteiger partial charge in [-0.2, -0.15) is 0 Å². The number of benzene rings is 3. The van der Waals surface area contributed by atoms with Gasteiger partial charge in [0.05, 0.1) is 0 Å². The monoisotopic (exact) mass is 372 g/mol. The van der Waals surface area contributed by atoms with Gasteiger partial charge in [0.1, 0.15) is 0 Å². The molecular formula is C24H24N2O2. The number of carbonyl (C=O) groups is 2. The van der Waals surface area contributed by atoms with Gasteiger partial charge in [0, 0.05) is 29.4 Å². The minimum atomic E-state index is -0.199. The maximum Gasteiger partial charge on any atom is 0.255 e.